The van der Waals surface area contributed by atoms with E-state index in [0.29, 0.717) is 17.1 Å². The van der Waals surface area contributed by atoms with Gasteiger partial charge in [0.1, 0.15) is 17.5 Å². The maximum atomic E-state index is 14.0. The van der Waals surface area contributed by atoms with E-state index in [1.807, 2.05) is 12.1 Å². The van der Waals surface area contributed by atoms with Gasteiger partial charge in [-0.2, -0.15) is 0 Å². The summed E-state index contributed by atoms with van der Waals surface area (Å²) in [5.74, 6) is -1.29. The fourth-order valence-corrected chi connectivity index (χ4v) is 3.76. The second kappa shape index (κ2) is 10.3. The number of nitrogens with zero attached hydrogens (tertiary/aromatic N) is 2. The highest BCUT2D eigenvalue weighted by Gasteiger charge is 2.13. The first kappa shape index (κ1) is 22.5. The molecule has 2 heterocycles. The van der Waals surface area contributed by atoms with Crippen LogP contribution in [-0.2, 0) is 17.8 Å². The second-order valence-electron chi connectivity index (χ2n) is 7.83. The average Bonchev–Trinajstić information content (AvgIpc) is 2.81. The summed E-state index contributed by atoms with van der Waals surface area (Å²) in [7, 11) is 0. The van der Waals surface area contributed by atoms with Gasteiger partial charge in [-0.15, -0.1) is 0 Å². The highest BCUT2D eigenvalue weighted by molar-refractivity contribution is 5.79. The molecule has 1 aliphatic heterocycles. The first-order valence-corrected chi connectivity index (χ1v) is 10.8. The molecule has 1 amide bonds. The number of piperazine rings is 1. The number of hydrogen-bond donors (Lipinski definition) is 4. The van der Waals surface area contributed by atoms with Crippen molar-refractivity contribution < 1.29 is 13.6 Å². The molecule has 9 heteroatoms. The number of halogens is 2. The summed E-state index contributed by atoms with van der Waals surface area (Å²) in [5, 5.41) is 9.58. The van der Waals surface area contributed by atoms with E-state index in [1.165, 1.54) is 24.4 Å². The third-order valence-corrected chi connectivity index (χ3v) is 5.49. The summed E-state index contributed by atoms with van der Waals surface area (Å²) in [5.41, 5.74) is 8.32. The van der Waals surface area contributed by atoms with Gasteiger partial charge in [0.15, 0.2) is 0 Å². The fraction of sp³-hybridized carbons (Fsp3) is 0.250. The van der Waals surface area contributed by atoms with Gasteiger partial charge in [-0.05, 0) is 36.4 Å². The molecule has 172 valence electrons. The first-order valence-electron chi connectivity index (χ1n) is 10.8. The number of nitrogens with one attached hydrogen (secondary N) is 3. The molecule has 0 spiro atoms. The lowest BCUT2D eigenvalue weighted by atomic mass is 10.1. The summed E-state index contributed by atoms with van der Waals surface area (Å²) in [6, 6.07) is 13.5. The van der Waals surface area contributed by atoms with Crippen LogP contribution in [-0.4, -0.2) is 37.1 Å². The van der Waals surface area contributed by atoms with Crippen molar-refractivity contribution in [3.05, 3.63) is 77.5 Å². The van der Waals surface area contributed by atoms with E-state index in [-0.39, 0.29) is 18.5 Å². The van der Waals surface area contributed by atoms with Crippen molar-refractivity contribution in [1.29, 1.82) is 0 Å². The van der Waals surface area contributed by atoms with Crippen LogP contribution in [0.15, 0.2) is 54.7 Å². The van der Waals surface area contributed by atoms with E-state index >= 15 is 0 Å². The Hall–Kier alpha value is -3.72. The second-order valence-corrected chi connectivity index (χ2v) is 7.83. The molecule has 0 unspecified atom stereocenters. The predicted octanol–water partition coefficient (Wildman–Crippen LogP) is 3.15. The summed E-state index contributed by atoms with van der Waals surface area (Å²) in [6.45, 7) is 3.77. The number of anilines is 4. The summed E-state index contributed by atoms with van der Waals surface area (Å²) >= 11 is 0. The van der Waals surface area contributed by atoms with Crippen molar-refractivity contribution in [3.63, 3.8) is 0 Å². The number of hydrogen-bond acceptors (Lipinski definition) is 6. The quantitative estimate of drug-likeness (QED) is 0.420. The van der Waals surface area contributed by atoms with Crippen LogP contribution in [0.25, 0.3) is 0 Å². The molecule has 7 nitrogen and oxygen atoms in total. The number of primary amides is 1. The van der Waals surface area contributed by atoms with Gasteiger partial charge in [-0.3, -0.25) is 4.79 Å². The number of carbonyl (C=O) groups excluding carboxylic acids is 1. The minimum absolute atomic E-state index is 0.0469. The minimum atomic E-state index is -0.643. The molecule has 5 N–H and O–H groups in total. The zero-order valence-electron chi connectivity index (χ0n) is 18.1. The van der Waals surface area contributed by atoms with Crippen LogP contribution in [0.2, 0.25) is 0 Å². The minimum Gasteiger partial charge on any atom is -0.380 e. The Morgan fingerprint density at radius 1 is 1.09 bits per heavy atom. The Balaban J connectivity index is 1.50. The van der Waals surface area contributed by atoms with Crippen LogP contribution < -0.4 is 26.6 Å². The average molecular weight is 453 g/mol. The standard InChI is InChI=1S/C24H26F2N6O/c25-20-2-1-3-21(26)19(20)15-29-22-13-24(30-14-16(22)12-23(27)33)31-17-4-6-18(7-5-17)32-10-8-28-9-11-32/h1-7,13-14,28H,8-12,15H2,(H2,27,33)(H2,29,30,31). The Bertz CT molecular complexity index is 1100. The smallest absolute Gasteiger partial charge is 0.221 e. The number of pyridine rings is 1. The fourth-order valence-electron chi connectivity index (χ4n) is 3.76. The third kappa shape index (κ3) is 5.75. The molecule has 2 aromatic carbocycles. The highest BCUT2D eigenvalue weighted by atomic mass is 19.1. The van der Waals surface area contributed by atoms with Crippen molar-refractivity contribution in [2.75, 3.05) is 41.7 Å². The van der Waals surface area contributed by atoms with Gasteiger partial charge < -0.3 is 26.6 Å². The molecule has 0 radical (unpaired) electrons. The van der Waals surface area contributed by atoms with Crippen molar-refractivity contribution >= 4 is 28.8 Å². The number of carbonyl (C=O) groups is 1. The molecule has 1 fully saturated rings. The van der Waals surface area contributed by atoms with E-state index in [0.717, 1.165) is 37.6 Å². The third-order valence-electron chi connectivity index (χ3n) is 5.49. The molecular weight excluding hydrogens is 426 g/mol. The Morgan fingerprint density at radius 3 is 2.45 bits per heavy atom. The predicted molar refractivity (Wildman–Crippen MR) is 126 cm³/mol. The van der Waals surface area contributed by atoms with Gasteiger partial charge in [0.05, 0.1) is 6.42 Å². The molecule has 1 aliphatic rings. The van der Waals surface area contributed by atoms with Crippen molar-refractivity contribution in [3.8, 4) is 0 Å². The van der Waals surface area contributed by atoms with Crippen molar-refractivity contribution in [2.24, 2.45) is 5.73 Å². The van der Waals surface area contributed by atoms with Gasteiger partial charge >= 0.3 is 0 Å². The Morgan fingerprint density at radius 2 is 1.79 bits per heavy atom. The number of nitrogens with two attached hydrogens (primary N) is 1. The zero-order chi connectivity index (χ0) is 23.2. The molecule has 0 saturated carbocycles. The lowest BCUT2D eigenvalue weighted by molar-refractivity contribution is -0.117. The van der Waals surface area contributed by atoms with Crippen LogP contribution in [0.4, 0.5) is 31.7 Å². The topological polar surface area (TPSA) is 95.3 Å². The van der Waals surface area contributed by atoms with E-state index in [9.17, 15) is 13.6 Å². The normalized spacial score (nSPS) is 13.6. The maximum absolute atomic E-state index is 14.0. The van der Waals surface area contributed by atoms with Crippen LogP contribution in [0.1, 0.15) is 11.1 Å². The van der Waals surface area contributed by atoms with Crippen LogP contribution in [0.5, 0.6) is 0 Å². The van der Waals surface area contributed by atoms with Crippen LogP contribution >= 0.6 is 0 Å². The molecule has 33 heavy (non-hydrogen) atoms. The molecule has 0 aliphatic carbocycles. The lowest BCUT2D eigenvalue weighted by Crippen LogP contribution is -2.43. The SMILES string of the molecule is NC(=O)Cc1cnc(Nc2ccc(N3CCNCC3)cc2)cc1NCc1c(F)cccc1F. The van der Waals surface area contributed by atoms with Gasteiger partial charge in [-0.25, -0.2) is 13.8 Å². The largest absolute Gasteiger partial charge is 0.380 e. The molecule has 3 aromatic rings. The van der Waals surface area contributed by atoms with Crippen molar-refractivity contribution in [2.45, 2.75) is 13.0 Å². The zero-order valence-corrected chi connectivity index (χ0v) is 18.1. The Labute approximate surface area is 191 Å². The van der Waals surface area contributed by atoms with Gasteiger partial charge in [0.25, 0.3) is 0 Å². The molecule has 4 rings (SSSR count). The van der Waals surface area contributed by atoms with E-state index in [2.05, 4.69) is 38.0 Å². The van der Waals surface area contributed by atoms with E-state index in [4.69, 9.17) is 5.73 Å². The maximum Gasteiger partial charge on any atom is 0.221 e. The summed E-state index contributed by atoms with van der Waals surface area (Å²) in [6.07, 6.45) is 1.48. The number of rotatable bonds is 8. The molecule has 0 bridgehead atoms. The summed E-state index contributed by atoms with van der Waals surface area (Å²) in [4.78, 5) is 18.1. The monoisotopic (exact) mass is 452 g/mol. The summed E-state index contributed by atoms with van der Waals surface area (Å²) < 4.78 is 28.0. The lowest BCUT2D eigenvalue weighted by Gasteiger charge is -2.29. The van der Waals surface area contributed by atoms with Crippen molar-refractivity contribution in [1.82, 2.24) is 10.3 Å². The van der Waals surface area contributed by atoms with E-state index < -0.39 is 17.5 Å². The van der Waals surface area contributed by atoms with Crippen LogP contribution in [0, 0.1) is 11.6 Å². The number of amides is 1. The number of aromatic nitrogens is 1. The molecule has 0 atom stereocenters. The molecular formula is C24H26F2N6O. The highest BCUT2D eigenvalue weighted by Crippen LogP contribution is 2.25. The van der Waals surface area contributed by atoms with Gasteiger partial charge in [0, 0.05) is 73.2 Å². The first-order chi connectivity index (χ1) is 16.0. The number of benzene rings is 2. The van der Waals surface area contributed by atoms with Gasteiger partial charge in [-0.1, -0.05) is 6.07 Å². The van der Waals surface area contributed by atoms with Gasteiger partial charge in [0.2, 0.25) is 5.91 Å². The Kier molecular flexibility index (Phi) is 6.99. The van der Waals surface area contributed by atoms with Crippen LogP contribution in [0.3, 0.4) is 0 Å². The molecule has 1 saturated heterocycles. The van der Waals surface area contributed by atoms with E-state index in [1.54, 1.807) is 6.07 Å². The molecule has 1 aromatic heterocycles.